The standard InChI is InChI=1S/C4H6.C2Cl2O2/c1-3-4-2;3-1(5)2(4)6/h1-2H3;. The maximum absolute atomic E-state index is 9.43. The first-order valence-corrected chi connectivity index (χ1v) is 3.04. The van der Waals surface area contributed by atoms with Crippen molar-refractivity contribution in [3.05, 3.63) is 0 Å². The van der Waals surface area contributed by atoms with Gasteiger partial charge in [-0.05, 0) is 37.0 Å². The van der Waals surface area contributed by atoms with Crippen LogP contribution in [-0.2, 0) is 9.59 Å². The van der Waals surface area contributed by atoms with Crippen LogP contribution in [0.4, 0.5) is 0 Å². The third kappa shape index (κ3) is 15.6. The van der Waals surface area contributed by atoms with Crippen molar-refractivity contribution in [2.24, 2.45) is 0 Å². The van der Waals surface area contributed by atoms with Crippen LogP contribution in [0.25, 0.3) is 0 Å². The molecule has 0 amide bonds. The lowest BCUT2D eigenvalue weighted by molar-refractivity contribution is -0.127. The molecule has 0 saturated heterocycles. The first-order chi connectivity index (χ1) is 4.56. The van der Waals surface area contributed by atoms with Crippen molar-refractivity contribution in [2.75, 3.05) is 0 Å². The van der Waals surface area contributed by atoms with Crippen LogP contribution in [0.5, 0.6) is 0 Å². The highest BCUT2D eigenvalue weighted by molar-refractivity contribution is 6.97. The van der Waals surface area contributed by atoms with E-state index < -0.39 is 10.5 Å². The van der Waals surface area contributed by atoms with Gasteiger partial charge in [0.15, 0.2) is 0 Å². The number of carbonyl (C=O) groups is 2. The van der Waals surface area contributed by atoms with Crippen LogP contribution >= 0.6 is 23.2 Å². The average molecular weight is 181 g/mol. The molecule has 0 radical (unpaired) electrons. The lowest BCUT2D eigenvalue weighted by atomic mass is 10.7. The molecule has 0 rings (SSSR count). The van der Waals surface area contributed by atoms with Gasteiger partial charge in [0.25, 0.3) is 0 Å². The lowest BCUT2D eigenvalue weighted by Crippen LogP contribution is -1.94. The van der Waals surface area contributed by atoms with Gasteiger partial charge < -0.3 is 0 Å². The van der Waals surface area contributed by atoms with Gasteiger partial charge in [0.1, 0.15) is 0 Å². The largest absolute Gasteiger partial charge is 0.304 e. The molecular formula is C6H6Cl2O2. The third-order valence-electron chi connectivity index (χ3n) is 0.405. The molecule has 0 fully saturated rings. The van der Waals surface area contributed by atoms with Crippen molar-refractivity contribution in [2.45, 2.75) is 13.8 Å². The summed E-state index contributed by atoms with van der Waals surface area (Å²) < 4.78 is 0. The van der Waals surface area contributed by atoms with Gasteiger partial charge in [-0.3, -0.25) is 9.59 Å². The maximum Gasteiger partial charge on any atom is 0.304 e. The van der Waals surface area contributed by atoms with Crippen LogP contribution in [0, 0.1) is 11.8 Å². The molecule has 0 aromatic heterocycles. The molecule has 0 aliphatic heterocycles. The molecule has 4 heteroatoms. The van der Waals surface area contributed by atoms with E-state index in [9.17, 15) is 9.59 Å². The van der Waals surface area contributed by atoms with Gasteiger partial charge in [-0.2, -0.15) is 0 Å². The molecule has 0 aliphatic rings. The summed E-state index contributed by atoms with van der Waals surface area (Å²) in [5.41, 5.74) is 0. The Bertz CT molecular complexity index is 158. The number of rotatable bonds is 1. The minimum atomic E-state index is -1.14. The monoisotopic (exact) mass is 180 g/mol. The van der Waals surface area contributed by atoms with Gasteiger partial charge in [-0.15, -0.1) is 11.8 Å². The predicted octanol–water partition coefficient (Wildman–Crippen LogP) is 1.55. The van der Waals surface area contributed by atoms with Gasteiger partial charge in [0.2, 0.25) is 0 Å². The summed E-state index contributed by atoms with van der Waals surface area (Å²) in [5.74, 6) is 5.36. The normalized spacial score (nSPS) is 6.00. The number of carbonyl (C=O) groups excluding carboxylic acids is 2. The second-order valence-corrected chi connectivity index (χ2v) is 1.73. The summed E-state index contributed by atoms with van der Waals surface area (Å²) in [4.78, 5) is 18.9. The highest BCUT2D eigenvalue weighted by Gasteiger charge is 2.01. The molecule has 2 nitrogen and oxygen atoms in total. The highest BCUT2D eigenvalue weighted by atomic mass is 35.5. The lowest BCUT2D eigenvalue weighted by Gasteiger charge is -1.67. The zero-order valence-corrected chi connectivity index (χ0v) is 7.08. The van der Waals surface area contributed by atoms with Crippen LogP contribution in [0.1, 0.15) is 13.8 Å². The molecular weight excluding hydrogens is 175 g/mol. The number of halogens is 2. The van der Waals surface area contributed by atoms with Crippen LogP contribution in [-0.4, -0.2) is 10.5 Å². The Balaban J connectivity index is 0. The topological polar surface area (TPSA) is 34.1 Å². The summed E-state index contributed by atoms with van der Waals surface area (Å²) in [5, 5.41) is -2.28. The molecule has 0 unspecified atom stereocenters. The summed E-state index contributed by atoms with van der Waals surface area (Å²) in [7, 11) is 0. The van der Waals surface area contributed by atoms with Crippen LogP contribution in [0.3, 0.4) is 0 Å². The smallest absolute Gasteiger partial charge is 0.271 e. The van der Waals surface area contributed by atoms with Gasteiger partial charge in [0, 0.05) is 0 Å². The Morgan fingerprint density at radius 2 is 1.20 bits per heavy atom. The molecule has 0 bridgehead atoms. The van der Waals surface area contributed by atoms with Crippen molar-refractivity contribution in [3.8, 4) is 11.8 Å². The zero-order chi connectivity index (χ0) is 8.57. The van der Waals surface area contributed by atoms with Crippen molar-refractivity contribution in [3.63, 3.8) is 0 Å². The first-order valence-electron chi connectivity index (χ1n) is 2.29. The predicted molar refractivity (Wildman–Crippen MR) is 40.8 cm³/mol. The third-order valence-corrected chi connectivity index (χ3v) is 0.845. The molecule has 0 aliphatic carbocycles. The van der Waals surface area contributed by atoms with Crippen LogP contribution in [0.2, 0.25) is 0 Å². The Kier molecular flexibility index (Phi) is 10.3. The highest BCUT2D eigenvalue weighted by Crippen LogP contribution is 1.84. The van der Waals surface area contributed by atoms with Crippen LogP contribution < -0.4 is 0 Å². The minimum absolute atomic E-state index is 1.14. The molecule has 0 atom stereocenters. The molecule has 0 aromatic rings. The van der Waals surface area contributed by atoms with E-state index in [0.29, 0.717) is 0 Å². The van der Waals surface area contributed by atoms with Crippen molar-refractivity contribution in [1.29, 1.82) is 0 Å². The maximum atomic E-state index is 9.43. The number of hydrogen-bond acceptors (Lipinski definition) is 2. The van der Waals surface area contributed by atoms with Gasteiger partial charge in [0.05, 0.1) is 0 Å². The summed E-state index contributed by atoms with van der Waals surface area (Å²) in [6.07, 6.45) is 0. The Morgan fingerprint density at radius 3 is 1.20 bits per heavy atom. The average Bonchev–Trinajstić information content (AvgIpc) is 1.89. The minimum Gasteiger partial charge on any atom is -0.271 e. The van der Waals surface area contributed by atoms with E-state index in [1.54, 1.807) is 0 Å². The van der Waals surface area contributed by atoms with Crippen molar-refractivity contribution in [1.82, 2.24) is 0 Å². The Labute approximate surface area is 69.5 Å². The summed E-state index contributed by atoms with van der Waals surface area (Å²) >= 11 is 8.98. The molecule has 0 N–H and O–H groups in total. The van der Waals surface area contributed by atoms with E-state index in [0.717, 1.165) is 0 Å². The van der Waals surface area contributed by atoms with Crippen molar-refractivity contribution >= 4 is 33.7 Å². The quantitative estimate of drug-likeness (QED) is 0.349. The molecule has 56 valence electrons. The second-order valence-electron chi connectivity index (χ2n) is 1.05. The van der Waals surface area contributed by atoms with Crippen molar-refractivity contribution < 1.29 is 9.59 Å². The fraction of sp³-hybridized carbons (Fsp3) is 0.333. The van der Waals surface area contributed by atoms with E-state index in [2.05, 4.69) is 35.0 Å². The van der Waals surface area contributed by atoms with E-state index in [1.807, 2.05) is 13.8 Å². The molecule has 0 spiro atoms. The second kappa shape index (κ2) is 8.48. The SMILES string of the molecule is CC#CC.O=C(Cl)C(=O)Cl. The van der Waals surface area contributed by atoms with Crippen LogP contribution in [0.15, 0.2) is 0 Å². The Morgan fingerprint density at radius 1 is 1.00 bits per heavy atom. The molecule has 0 heterocycles. The summed E-state index contributed by atoms with van der Waals surface area (Å²) in [6.45, 7) is 3.64. The summed E-state index contributed by atoms with van der Waals surface area (Å²) in [6, 6.07) is 0. The molecule has 0 aromatic carbocycles. The van der Waals surface area contributed by atoms with E-state index in [-0.39, 0.29) is 0 Å². The van der Waals surface area contributed by atoms with Gasteiger partial charge in [-0.1, -0.05) is 0 Å². The zero-order valence-electron chi connectivity index (χ0n) is 5.57. The molecule has 10 heavy (non-hydrogen) atoms. The van der Waals surface area contributed by atoms with E-state index in [1.165, 1.54) is 0 Å². The van der Waals surface area contributed by atoms with Gasteiger partial charge in [-0.25, -0.2) is 0 Å². The fourth-order valence-corrected chi connectivity index (χ4v) is 0. The number of hydrogen-bond donors (Lipinski definition) is 0. The Hall–Kier alpha value is -0.520. The van der Waals surface area contributed by atoms with E-state index in [4.69, 9.17) is 0 Å². The van der Waals surface area contributed by atoms with E-state index >= 15 is 0 Å². The molecule has 0 saturated carbocycles. The first kappa shape index (κ1) is 12.2. The van der Waals surface area contributed by atoms with Gasteiger partial charge >= 0.3 is 10.5 Å². The fourth-order valence-electron chi connectivity index (χ4n) is 0.